The van der Waals surface area contributed by atoms with E-state index in [1.165, 1.54) is 7.11 Å². The Morgan fingerprint density at radius 3 is 2.54 bits per heavy atom. The quantitative estimate of drug-likeness (QED) is 0.741. The minimum absolute atomic E-state index is 0.0843. The first kappa shape index (κ1) is 22.5. The molecule has 0 spiro atoms. The molecule has 1 amide bonds. The van der Waals surface area contributed by atoms with E-state index >= 15 is 0 Å². The van der Waals surface area contributed by atoms with Gasteiger partial charge in [-0.1, -0.05) is 6.07 Å². The first-order chi connectivity index (χ1) is 13.1. The van der Waals surface area contributed by atoms with Gasteiger partial charge in [0.15, 0.2) is 9.84 Å². The van der Waals surface area contributed by atoms with Gasteiger partial charge in [-0.3, -0.25) is 0 Å². The van der Waals surface area contributed by atoms with Gasteiger partial charge in [0.25, 0.3) is 0 Å². The summed E-state index contributed by atoms with van der Waals surface area (Å²) in [5.41, 5.74) is -0.498. The molecule has 0 atom stereocenters. The number of nitrogens with one attached hydrogen (secondary N) is 1. The number of sulfone groups is 1. The summed E-state index contributed by atoms with van der Waals surface area (Å²) in [6.45, 7) is 8.26. The van der Waals surface area contributed by atoms with Gasteiger partial charge in [-0.15, -0.1) is 0 Å². The van der Waals surface area contributed by atoms with Crippen LogP contribution in [0.5, 0.6) is 5.75 Å². The van der Waals surface area contributed by atoms with Gasteiger partial charge in [-0.05, 0) is 70.8 Å². The monoisotopic (exact) mass is 412 g/mol. The molecule has 28 heavy (non-hydrogen) atoms. The van der Waals surface area contributed by atoms with Gasteiger partial charge in [-0.2, -0.15) is 0 Å². The van der Waals surface area contributed by atoms with E-state index in [1.54, 1.807) is 24.3 Å². The van der Waals surface area contributed by atoms with Gasteiger partial charge >= 0.3 is 6.09 Å². The normalized spacial score (nSPS) is 16.6. The molecule has 1 aliphatic rings. The largest absolute Gasteiger partial charge is 0.497 e. The van der Waals surface area contributed by atoms with Gasteiger partial charge in [-0.25, -0.2) is 13.2 Å². The van der Waals surface area contributed by atoms with Crippen LogP contribution in [-0.4, -0.2) is 64.1 Å². The Morgan fingerprint density at radius 2 is 1.93 bits per heavy atom. The number of likely N-dealkylation sites (tertiary alicyclic amines) is 1. The number of nitrogens with zero attached hydrogens (tertiary/aromatic N) is 1. The SMILES string of the molecule is COc1cccc(S(=O)(=O)CCN2CCC(CNC(=O)OC(C)(C)C)CC2)c1. The zero-order valence-corrected chi connectivity index (χ0v) is 18.0. The molecule has 7 nitrogen and oxygen atoms in total. The van der Waals surface area contributed by atoms with Gasteiger partial charge in [0.1, 0.15) is 11.4 Å². The van der Waals surface area contributed by atoms with Crippen molar-refractivity contribution in [2.75, 3.05) is 39.0 Å². The third-order valence-corrected chi connectivity index (χ3v) is 6.41. The molecule has 0 radical (unpaired) electrons. The first-order valence-corrected chi connectivity index (χ1v) is 11.3. The molecular weight excluding hydrogens is 380 g/mol. The Bertz CT molecular complexity index is 750. The fourth-order valence-electron chi connectivity index (χ4n) is 3.12. The van der Waals surface area contributed by atoms with Crippen LogP contribution in [0.15, 0.2) is 29.2 Å². The van der Waals surface area contributed by atoms with Crippen LogP contribution in [0.25, 0.3) is 0 Å². The lowest BCUT2D eigenvalue weighted by atomic mass is 9.97. The molecule has 8 heteroatoms. The van der Waals surface area contributed by atoms with E-state index in [4.69, 9.17) is 9.47 Å². The number of carbonyl (C=O) groups excluding carboxylic acids is 1. The number of ether oxygens (including phenoxy) is 2. The van der Waals surface area contributed by atoms with Crippen molar-refractivity contribution in [1.29, 1.82) is 0 Å². The summed E-state index contributed by atoms with van der Waals surface area (Å²) in [7, 11) is -1.82. The zero-order chi connectivity index (χ0) is 20.8. The van der Waals surface area contributed by atoms with Crippen molar-refractivity contribution in [2.24, 2.45) is 5.92 Å². The van der Waals surface area contributed by atoms with Crippen LogP contribution in [0.3, 0.4) is 0 Å². The Morgan fingerprint density at radius 1 is 1.25 bits per heavy atom. The lowest BCUT2D eigenvalue weighted by molar-refractivity contribution is 0.0510. The zero-order valence-electron chi connectivity index (χ0n) is 17.2. The summed E-state index contributed by atoms with van der Waals surface area (Å²) in [6, 6.07) is 6.58. The third kappa shape index (κ3) is 7.31. The van der Waals surface area contributed by atoms with E-state index in [2.05, 4.69) is 10.2 Å². The van der Waals surface area contributed by atoms with Gasteiger partial charge in [0.05, 0.1) is 17.8 Å². The van der Waals surface area contributed by atoms with Crippen molar-refractivity contribution >= 4 is 15.9 Å². The van der Waals surface area contributed by atoms with Crippen molar-refractivity contribution in [3.05, 3.63) is 24.3 Å². The first-order valence-electron chi connectivity index (χ1n) is 9.65. The van der Waals surface area contributed by atoms with Crippen LogP contribution in [0.2, 0.25) is 0 Å². The fraction of sp³-hybridized carbons (Fsp3) is 0.650. The minimum Gasteiger partial charge on any atom is -0.497 e. The second kappa shape index (κ2) is 9.60. The second-order valence-electron chi connectivity index (χ2n) is 8.17. The molecule has 0 saturated carbocycles. The Labute approximate surface area is 168 Å². The molecule has 158 valence electrons. The summed E-state index contributed by atoms with van der Waals surface area (Å²) in [5.74, 6) is 1.01. The van der Waals surface area contributed by atoms with Gasteiger partial charge in [0, 0.05) is 13.1 Å². The number of hydrogen-bond acceptors (Lipinski definition) is 6. The van der Waals surface area contributed by atoms with E-state index in [0.29, 0.717) is 29.7 Å². The number of alkyl carbamates (subject to hydrolysis) is 1. The van der Waals surface area contributed by atoms with Gasteiger partial charge < -0.3 is 19.7 Å². The van der Waals surface area contributed by atoms with E-state index in [9.17, 15) is 13.2 Å². The number of hydrogen-bond donors (Lipinski definition) is 1. The number of benzene rings is 1. The van der Waals surface area contributed by atoms with Crippen molar-refractivity contribution in [2.45, 2.75) is 44.1 Å². The van der Waals surface area contributed by atoms with Crippen molar-refractivity contribution < 1.29 is 22.7 Å². The molecule has 1 heterocycles. The lowest BCUT2D eigenvalue weighted by Crippen LogP contribution is -2.41. The minimum atomic E-state index is -3.34. The van der Waals surface area contributed by atoms with E-state index in [1.807, 2.05) is 20.8 Å². The lowest BCUT2D eigenvalue weighted by Gasteiger charge is -2.32. The highest BCUT2D eigenvalue weighted by Crippen LogP contribution is 2.20. The topological polar surface area (TPSA) is 84.9 Å². The molecule has 2 rings (SSSR count). The molecule has 1 aliphatic heterocycles. The van der Waals surface area contributed by atoms with Crippen LogP contribution < -0.4 is 10.1 Å². The summed E-state index contributed by atoms with van der Waals surface area (Å²) in [6.07, 6.45) is 1.46. The molecule has 0 aromatic heterocycles. The van der Waals surface area contributed by atoms with E-state index in [-0.39, 0.29) is 11.8 Å². The average Bonchev–Trinajstić information content (AvgIpc) is 2.64. The average molecular weight is 413 g/mol. The highest BCUT2D eigenvalue weighted by atomic mass is 32.2. The summed E-state index contributed by atoms with van der Waals surface area (Å²) in [4.78, 5) is 14.2. The van der Waals surface area contributed by atoms with Crippen LogP contribution in [0, 0.1) is 5.92 Å². The number of piperidine rings is 1. The van der Waals surface area contributed by atoms with Crippen LogP contribution in [0.1, 0.15) is 33.6 Å². The number of rotatable bonds is 7. The second-order valence-corrected chi connectivity index (χ2v) is 10.3. The molecule has 0 aliphatic carbocycles. The molecule has 1 fully saturated rings. The number of carbonyl (C=O) groups is 1. The number of methoxy groups -OCH3 is 1. The van der Waals surface area contributed by atoms with Crippen LogP contribution >= 0.6 is 0 Å². The van der Waals surface area contributed by atoms with E-state index < -0.39 is 15.4 Å². The number of amides is 1. The highest BCUT2D eigenvalue weighted by molar-refractivity contribution is 7.91. The maximum Gasteiger partial charge on any atom is 0.407 e. The van der Waals surface area contributed by atoms with Crippen molar-refractivity contribution in [3.63, 3.8) is 0 Å². The van der Waals surface area contributed by atoms with Crippen molar-refractivity contribution in [1.82, 2.24) is 10.2 Å². The molecule has 1 aromatic carbocycles. The molecule has 1 aromatic rings. The predicted molar refractivity (Wildman–Crippen MR) is 108 cm³/mol. The third-order valence-electron chi connectivity index (χ3n) is 4.72. The van der Waals surface area contributed by atoms with Crippen molar-refractivity contribution in [3.8, 4) is 5.75 Å². The predicted octanol–water partition coefficient (Wildman–Crippen LogP) is 2.71. The molecule has 0 unspecified atom stereocenters. The Hall–Kier alpha value is -1.80. The summed E-state index contributed by atoms with van der Waals surface area (Å²) < 4.78 is 35.5. The fourth-order valence-corrected chi connectivity index (χ4v) is 4.43. The van der Waals surface area contributed by atoms with Gasteiger partial charge in [0.2, 0.25) is 0 Å². The smallest absolute Gasteiger partial charge is 0.407 e. The Balaban J connectivity index is 1.74. The highest BCUT2D eigenvalue weighted by Gasteiger charge is 2.23. The summed E-state index contributed by atoms with van der Waals surface area (Å²) in [5, 5.41) is 2.82. The standard InChI is InChI=1S/C20H32N2O5S/c1-20(2,3)27-19(23)21-15-16-8-10-22(11-9-16)12-13-28(24,25)18-7-5-6-17(14-18)26-4/h5-7,14,16H,8-13,15H2,1-4H3,(H,21,23). The molecular formula is C20H32N2O5S. The maximum absolute atomic E-state index is 12.6. The molecule has 1 saturated heterocycles. The van der Waals surface area contributed by atoms with Crippen LogP contribution in [0.4, 0.5) is 4.79 Å². The van der Waals surface area contributed by atoms with Crippen LogP contribution in [-0.2, 0) is 14.6 Å². The maximum atomic E-state index is 12.6. The molecule has 1 N–H and O–H groups in total. The summed E-state index contributed by atoms with van der Waals surface area (Å²) >= 11 is 0. The Kier molecular flexibility index (Phi) is 7.71. The van der Waals surface area contributed by atoms with E-state index in [0.717, 1.165) is 25.9 Å². The molecule has 0 bridgehead atoms.